The van der Waals surface area contributed by atoms with Crippen LogP contribution in [0.3, 0.4) is 0 Å². The van der Waals surface area contributed by atoms with Gasteiger partial charge in [-0.05, 0) is 25.7 Å². The molecule has 1 fully saturated rings. The Hall–Kier alpha value is -1.25. The maximum absolute atomic E-state index is 12.6. The van der Waals surface area contributed by atoms with E-state index in [2.05, 4.69) is 10.1 Å². The van der Waals surface area contributed by atoms with E-state index in [4.69, 9.17) is 5.11 Å². The second kappa shape index (κ2) is 6.25. The first-order valence-corrected chi connectivity index (χ1v) is 7.58. The minimum absolute atomic E-state index is 0.0750. The molecule has 0 spiro atoms. The summed E-state index contributed by atoms with van der Waals surface area (Å²) >= 11 is 1.05. The summed E-state index contributed by atoms with van der Waals surface area (Å²) in [6.45, 7) is 0. The number of aliphatic carboxylic acids is 1. The van der Waals surface area contributed by atoms with Crippen LogP contribution in [0, 0.1) is 5.92 Å². The molecule has 5 nitrogen and oxygen atoms in total. The van der Waals surface area contributed by atoms with E-state index in [1.165, 1.54) is 4.68 Å². The van der Waals surface area contributed by atoms with Crippen molar-refractivity contribution in [2.75, 3.05) is 5.75 Å². The molecule has 21 heavy (non-hydrogen) atoms. The van der Waals surface area contributed by atoms with Gasteiger partial charge in [-0.1, -0.05) is 11.8 Å². The maximum atomic E-state index is 12.6. The monoisotopic (exact) mass is 323 g/mol. The van der Waals surface area contributed by atoms with Gasteiger partial charge in [0.25, 0.3) is 0 Å². The van der Waals surface area contributed by atoms with Crippen LogP contribution in [-0.2, 0) is 11.8 Å². The summed E-state index contributed by atoms with van der Waals surface area (Å²) in [5, 5.41) is 13.3. The standard InChI is InChI=1S/C12H16F3N3O2S/c1-18-11(21-6-9(19)20)16-10(17-18)7-2-4-8(5-3-7)12(13,14)15/h7-8H,2-6H2,1H3,(H,19,20). The van der Waals surface area contributed by atoms with Crippen molar-refractivity contribution in [2.45, 2.75) is 42.9 Å². The van der Waals surface area contributed by atoms with Crippen molar-refractivity contribution in [3.63, 3.8) is 0 Å². The number of aromatic nitrogens is 3. The van der Waals surface area contributed by atoms with Gasteiger partial charge in [0.1, 0.15) is 0 Å². The molecule has 0 radical (unpaired) electrons. The Morgan fingerprint density at radius 2 is 2.00 bits per heavy atom. The van der Waals surface area contributed by atoms with Crippen molar-refractivity contribution in [2.24, 2.45) is 13.0 Å². The zero-order valence-electron chi connectivity index (χ0n) is 11.4. The summed E-state index contributed by atoms with van der Waals surface area (Å²) in [7, 11) is 1.65. The lowest BCUT2D eigenvalue weighted by molar-refractivity contribution is -0.182. The summed E-state index contributed by atoms with van der Waals surface area (Å²) < 4.78 is 39.3. The summed E-state index contributed by atoms with van der Waals surface area (Å²) in [5.41, 5.74) is 0. The molecule has 0 bridgehead atoms. The average molecular weight is 323 g/mol. The highest BCUT2D eigenvalue weighted by atomic mass is 32.2. The Kier molecular flexibility index (Phi) is 4.80. The van der Waals surface area contributed by atoms with Gasteiger partial charge >= 0.3 is 12.1 Å². The van der Waals surface area contributed by atoms with E-state index in [-0.39, 0.29) is 24.5 Å². The lowest BCUT2D eigenvalue weighted by Crippen LogP contribution is -2.27. The van der Waals surface area contributed by atoms with E-state index >= 15 is 0 Å². The van der Waals surface area contributed by atoms with Crippen LogP contribution in [0.5, 0.6) is 0 Å². The quantitative estimate of drug-likeness (QED) is 0.863. The Morgan fingerprint density at radius 3 is 2.52 bits per heavy atom. The molecule has 0 amide bonds. The highest BCUT2D eigenvalue weighted by Crippen LogP contribution is 2.42. The second-order valence-corrected chi connectivity index (χ2v) is 6.09. The van der Waals surface area contributed by atoms with Crippen LogP contribution in [0.25, 0.3) is 0 Å². The lowest BCUT2D eigenvalue weighted by Gasteiger charge is -2.28. The molecule has 1 aromatic heterocycles. The van der Waals surface area contributed by atoms with E-state index in [0.717, 1.165) is 11.8 Å². The number of hydrogen-bond donors (Lipinski definition) is 1. The number of thioether (sulfide) groups is 1. The normalized spacial score (nSPS) is 23.2. The van der Waals surface area contributed by atoms with Gasteiger partial charge < -0.3 is 5.11 Å². The van der Waals surface area contributed by atoms with E-state index in [9.17, 15) is 18.0 Å². The van der Waals surface area contributed by atoms with Crippen molar-refractivity contribution in [3.05, 3.63) is 5.82 Å². The highest BCUT2D eigenvalue weighted by Gasteiger charge is 2.42. The summed E-state index contributed by atoms with van der Waals surface area (Å²) in [4.78, 5) is 14.8. The topological polar surface area (TPSA) is 68.0 Å². The van der Waals surface area contributed by atoms with Gasteiger partial charge in [0.05, 0.1) is 11.7 Å². The van der Waals surface area contributed by atoms with Crippen LogP contribution in [0.2, 0.25) is 0 Å². The Morgan fingerprint density at radius 1 is 1.38 bits per heavy atom. The molecule has 0 saturated heterocycles. The largest absolute Gasteiger partial charge is 0.481 e. The fourth-order valence-corrected chi connectivity index (χ4v) is 3.13. The first-order valence-electron chi connectivity index (χ1n) is 6.59. The smallest absolute Gasteiger partial charge is 0.391 e. The molecule has 0 atom stereocenters. The number of nitrogens with zero attached hydrogens (tertiary/aromatic N) is 3. The minimum Gasteiger partial charge on any atom is -0.481 e. The fraction of sp³-hybridized carbons (Fsp3) is 0.750. The second-order valence-electron chi connectivity index (χ2n) is 5.15. The number of carbonyl (C=O) groups is 1. The van der Waals surface area contributed by atoms with Crippen molar-refractivity contribution >= 4 is 17.7 Å². The molecule has 2 rings (SSSR count). The van der Waals surface area contributed by atoms with Gasteiger partial charge in [0.2, 0.25) is 0 Å². The molecule has 1 heterocycles. The SMILES string of the molecule is Cn1nc(C2CCC(C(F)(F)F)CC2)nc1SCC(=O)O. The van der Waals surface area contributed by atoms with Crippen LogP contribution in [-0.4, -0.2) is 37.8 Å². The molecule has 1 aliphatic carbocycles. The first kappa shape index (κ1) is 16.1. The van der Waals surface area contributed by atoms with Gasteiger partial charge in [0.15, 0.2) is 11.0 Å². The molecule has 9 heteroatoms. The molecular formula is C12H16F3N3O2S. The number of aryl methyl sites for hydroxylation is 1. The first-order chi connectivity index (χ1) is 9.77. The lowest BCUT2D eigenvalue weighted by atomic mass is 9.81. The van der Waals surface area contributed by atoms with E-state index in [1.54, 1.807) is 7.05 Å². The van der Waals surface area contributed by atoms with Crippen LogP contribution in [0.15, 0.2) is 5.16 Å². The van der Waals surface area contributed by atoms with E-state index < -0.39 is 18.1 Å². The van der Waals surface area contributed by atoms with E-state index in [1.807, 2.05) is 0 Å². The average Bonchev–Trinajstić information content (AvgIpc) is 2.77. The van der Waals surface area contributed by atoms with Gasteiger partial charge in [-0.25, -0.2) is 9.67 Å². The van der Waals surface area contributed by atoms with Crippen molar-refractivity contribution in [1.82, 2.24) is 14.8 Å². The molecule has 1 aromatic rings. The number of carboxylic acid groups (broad SMARTS) is 1. The number of carboxylic acids is 1. The molecule has 0 aromatic carbocycles. The molecule has 0 unspecified atom stereocenters. The number of alkyl halides is 3. The number of rotatable bonds is 4. The summed E-state index contributed by atoms with van der Waals surface area (Å²) in [6, 6.07) is 0. The highest BCUT2D eigenvalue weighted by molar-refractivity contribution is 7.99. The van der Waals surface area contributed by atoms with Gasteiger partial charge in [0, 0.05) is 13.0 Å². The van der Waals surface area contributed by atoms with Gasteiger partial charge in [-0.15, -0.1) is 0 Å². The third kappa shape index (κ3) is 4.12. The molecule has 0 aliphatic heterocycles. The van der Waals surface area contributed by atoms with Crippen molar-refractivity contribution in [3.8, 4) is 0 Å². The Labute approximate surface area is 123 Å². The third-order valence-electron chi connectivity index (χ3n) is 3.62. The van der Waals surface area contributed by atoms with Crippen LogP contribution in [0.4, 0.5) is 13.2 Å². The zero-order chi connectivity index (χ0) is 15.6. The minimum atomic E-state index is -4.12. The van der Waals surface area contributed by atoms with Gasteiger partial charge in [-0.2, -0.15) is 18.3 Å². The summed E-state index contributed by atoms with van der Waals surface area (Å²) in [5.74, 6) is -1.85. The maximum Gasteiger partial charge on any atom is 0.391 e. The fourth-order valence-electron chi connectivity index (χ4n) is 2.49. The molecule has 1 N–H and O–H groups in total. The molecule has 118 valence electrons. The third-order valence-corrected chi connectivity index (χ3v) is 4.62. The van der Waals surface area contributed by atoms with Crippen molar-refractivity contribution in [1.29, 1.82) is 0 Å². The predicted octanol–water partition coefficient (Wildman–Crippen LogP) is 2.83. The van der Waals surface area contributed by atoms with Crippen LogP contribution >= 0.6 is 11.8 Å². The Balaban J connectivity index is 1.97. The number of hydrogen-bond acceptors (Lipinski definition) is 4. The van der Waals surface area contributed by atoms with E-state index in [0.29, 0.717) is 23.8 Å². The molecule has 1 saturated carbocycles. The van der Waals surface area contributed by atoms with Crippen molar-refractivity contribution < 1.29 is 23.1 Å². The van der Waals surface area contributed by atoms with Crippen LogP contribution in [0.1, 0.15) is 37.4 Å². The van der Waals surface area contributed by atoms with Crippen LogP contribution < -0.4 is 0 Å². The zero-order valence-corrected chi connectivity index (χ0v) is 12.2. The Bertz CT molecular complexity index is 510. The number of halogens is 3. The molecule has 1 aliphatic rings. The predicted molar refractivity (Wildman–Crippen MR) is 70.1 cm³/mol. The summed E-state index contributed by atoms with van der Waals surface area (Å²) in [6.07, 6.45) is -3.09. The van der Waals surface area contributed by atoms with Gasteiger partial charge in [-0.3, -0.25) is 4.79 Å². The molecular weight excluding hydrogens is 307 g/mol.